The second-order valence-corrected chi connectivity index (χ2v) is 22.6. The van der Waals surface area contributed by atoms with Gasteiger partial charge in [0.05, 0.1) is 22.4 Å². The number of hydrogen-bond acceptors (Lipinski definition) is 1. The second-order valence-electron chi connectivity index (χ2n) is 22.6. The first kappa shape index (κ1) is 46.4. The fourth-order valence-corrected chi connectivity index (χ4v) is 10.7. The Balaban J connectivity index is 1.19. The zero-order valence-corrected chi connectivity index (χ0v) is 43.3. The summed E-state index contributed by atoms with van der Waals surface area (Å²) < 4.78 is 2.44. The highest BCUT2D eigenvalue weighted by molar-refractivity contribution is 6.14. The molecule has 0 unspecified atom stereocenters. The molecule has 0 N–H and O–H groups in total. The lowest BCUT2D eigenvalue weighted by Crippen LogP contribution is -2.16. The number of hydrogen-bond donors (Lipinski definition) is 0. The van der Waals surface area contributed by atoms with Crippen LogP contribution in [0.4, 0.5) is 17.1 Å². The second kappa shape index (κ2) is 18.0. The SMILES string of the molecule is CC(C)(C)c1cc(-c2cccc3cccc(-c4ccccc4N(c4cccc(-c5cccc6c7ccccc7n(-c7ccccc7)c56)c4)c4ccc(C(C)(C)C)cc4-c4ccccc4)c23)cc(C(C)(C)C)c1. The number of aromatic nitrogens is 1. The third-order valence-electron chi connectivity index (χ3n) is 14.6. The van der Waals surface area contributed by atoms with Crippen molar-refractivity contribution in [1.29, 1.82) is 0 Å². The quantitative estimate of drug-likeness (QED) is 0.147. The molecule has 0 aliphatic carbocycles. The normalized spacial score (nSPS) is 12.2. The maximum absolute atomic E-state index is 2.53. The van der Waals surface area contributed by atoms with Crippen LogP contribution in [0.15, 0.2) is 224 Å². The Labute approximate surface area is 426 Å². The van der Waals surface area contributed by atoms with E-state index in [9.17, 15) is 0 Å². The van der Waals surface area contributed by atoms with Gasteiger partial charge in [-0.3, -0.25) is 0 Å². The molecule has 0 saturated heterocycles. The van der Waals surface area contributed by atoms with E-state index < -0.39 is 0 Å². The minimum Gasteiger partial charge on any atom is -0.309 e. The van der Waals surface area contributed by atoms with Crippen LogP contribution in [0.1, 0.15) is 79.0 Å². The van der Waals surface area contributed by atoms with E-state index in [4.69, 9.17) is 0 Å². The Morgan fingerprint density at radius 1 is 0.333 bits per heavy atom. The Morgan fingerprint density at radius 3 is 1.58 bits per heavy atom. The van der Waals surface area contributed by atoms with Gasteiger partial charge in [0.15, 0.2) is 0 Å². The molecule has 10 aromatic carbocycles. The van der Waals surface area contributed by atoms with Crippen molar-refractivity contribution in [2.45, 2.75) is 78.6 Å². The molecule has 72 heavy (non-hydrogen) atoms. The average Bonchev–Trinajstić information content (AvgIpc) is 3.73. The van der Waals surface area contributed by atoms with Gasteiger partial charge in [0.2, 0.25) is 0 Å². The highest BCUT2D eigenvalue weighted by atomic mass is 15.1. The topological polar surface area (TPSA) is 8.17 Å². The number of nitrogens with zero attached hydrogens (tertiary/aromatic N) is 2. The Morgan fingerprint density at radius 2 is 0.875 bits per heavy atom. The van der Waals surface area contributed by atoms with E-state index in [-0.39, 0.29) is 16.2 Å². The fraction of sp³-hybridized carbons (Fsp3) is 0.171. The van der Waals surface area contributed by atoms with Crippen molar-refractivity contribution in [2.75, 3.05) is 4.90 Å². The van der Waals surface area contributed by atoms with Gasteiger partial charge in [-0.05, 0) is 120 Å². The number of anilines is 3. The van der Waals surface area contributed by atoms with Crippen LogP contribution < -0.4 is 4.90 Å². The smallest absolute Gasteiger partial charge is 0.0619 e. The van der Waals surface area contributed by atoms with Crippen LogP contribution in [0, 0.1) is 0 Å². The molecule has 0 aliphatic heterocycles. The van der Waals surface area contributed by atoms with Crippen molar-refractivity contribution in [2.24, 2.45) is 0 Å². The van der Waals surface area contributed by atoms with E-state index in [0.29, 0.717) is 0 Å². The van der Waals surface area contributed by atoms with Crippen molar-refractivity contribution in [3.63, 3.8) is 0 Å². The van der Waals surface area contributed by atoms with Gasteiger partial charge in [0.25, 0.3) is 0 Å². The van der Waals surface area contributed by atoms with Crippen molar-refractivity contribution in [3.05, 3.63) is 241 Å². The molecule has 0 amide bonds. The maximum Gasteiger partial charge on any atom is 0.0619 e. The standard InChI is InChI=1S/C70H64N2/c1-68(2,3)51-40-41-65(62(46-51)47-24-12-10-13-25-47)71(55-31-20-28-49(44-55)57-35-23-37-61-59-33-17-19-39-64(59)72(67(57)61)54-29-14-11-15-30-54)63-38-18-16-32-58(63)60-36-22-27-48-26-21-34-56(66(48)60)50-42-52(69(4,5)6)45-53(43-50)70(7,8)9/h10-46H,1-9H3. The molecule has 1 aromatic heterocycles. The highest BCUT2D eigenvalue weighted by Gasteiger charge is 2.27. The van der Waals surface area contributed by atoms with Crippen LogP contribution in [0.3, 0.4) is 0 Å². The molecule has 0 radical (unpaired) electrons. The molecule has 11 aromatic rings. The molecule has 2 nitrogen and oxygen atoms in total. The molecular formula is C70H64N2. The van der Waals surface area contributed by atoms with E-state index in [1.165, 1.54) is 82.6 Å². The van der Waals surface area contributed by atoms with Gasteiger partial charge >= 0.3 is 0 Å². The lowest BCUT2D eigenvalue weighted by atomic mass is 9.78. The Hall–Kier alpha value is -7.94. The van der Waals surface area contributed by atoms with Crippen LogP contribution >= 0.6 is 0 Å². The third kappa shape index (κ3) is 8.49. The molecular weight excluding hydrogens is 869 g/mol. The lowest BCUT2D eigenvalue weighted by Gasteiger charge is -2.32. The summed E-state index contributed by atoms with van der Waals surface area (Å²) in [5.41, 5.74) is 20.2. The van der Waals surface area contributed by atoms with Gasteiger partial charge in [-0.25, -0.2) is 0 Å². The fourth-order valence-electron chi connectivity index (χ4n) is 10.7. The van der Waals surface area contributed by atoms with Gasteiger partial charge in [0.1, 0.15) is 0 Å². The summed E-state index contributed by atoms with van der Waals surface area (Å²) in [7, 11) is 0. The molecule has 2 heteroatoms. The van der Waals surface area contributed by atoms with Crippen LogP contribution in [-0.4, -0.2) is 4.57 Å². The summed E-state index contributed by atoms with van der Waals surface area (Å²) in [6.07, 6.45) is 0. The Kier molecular flexibility index (Phi) is 11.6. The van der Waals surface area contributed by atoms with Gasteiger partial charge in [-0.2, -0.15) is 0 Å². The predicted molar refractivity (Wildman–Crippen MR) is 311 cm³/mol. The lowest BCUT2D eigenvalue weighted by molar-refractivity contribution is 0.569. The molecule has 354 valence electrons. The number of para-hydroxylation sites is 4. The predicted octanol–water partition coefficient (Wildman–Crippen LogP) is 20.0. The largest absolute Gasteiger partial charge is 0.309 e. The molecule has 0 fully saturated rings. The zero-order chi connectivity index (χ0) is 49.9. The molecule has 11 rings (SSSR count). The van der Waals surface area contributed by atoms with E-state index in [2.05, 4.69) is 296 Å². The van der Waals surface area contributed by atoms with E-state index in [0.717, 1.165) is 33.9 Å². The Bertz CT molecular complexity index is 3760. The molecule has 0 spiro atoms. The first-order chi connectivity index (χ1) is 34.6. The van der Waals surface area contributed by atoms with Crippen molar-refractivity contribution >= 4 is 49.6 Å². The van der Waals surface area contributed by atoms with Gasteiger partial charge in [-0.1, -0.05) is 238 Å². The summed E-state index contributed by atoms with van der Waals surface area (Å²) in [5, 5.41) is 4.94. The summed E-state index contributed by atoms with van der Waals surface area (Å²) in [5.74, 6) is 0. The molecule has 1 heterocycles. The summed E-state index contributed by atoms with van der Waals surface area (Å²) in [6.45, 7) is 20.9. The van der Waals surface area contributed by atoms with Crippen molar-refractivity contribution < 1.29 is 0 Å². The van der Waals surface area contributed by atoms with Gasteiger partial charge in [0, 0.05) is 38.8 Å². The van der Waals surface area contributed by atoms with Crippen LogP contribution in [0.5, 0.6) is 0 Å². The summed E-state index contributed by atoms with van der Waals surface area (Å²) in [4.78, 5) is 2.53. The first-order valence-corrected chi connectivity index (χ1v) is 25.6. The number of rotatable bonds is 8. The van der Waals surface area contributed by atoms with E-state index in [1.807, 2.05) is 0 Å². The van der Waals surface area contributed by atoms with E-state index in [1.54, 1.807) is 0 Å². The highest BCUT2D eigenvalue weighted by Crippen LogP contribution is 2.49. The maximum atomic E-state index is 2.53. The van der Waals surface area contributed by atoms with Crippen molar-refractivity contribution in [1.82, 2.24) is 4.57 Å². The average molecular weight is 933 g/mol. The van der Waals surface area contributed by atoms with Gasteiger partial charge < -0.3 is 9.47 Å². The molecule has 0 aliphatic rings. The van der Waals surface area contributed by atoms with Crippen LogP contribution in [0.2, 0.25) is 0 Å². The number of fused-ring (bicyclic) bond motifs is 4. The molecule has 0 atom stereocenters. The minimum atomic E-state index is -0.0584. The zero-order valence-electron chi connectivity index (χ0n) is 43.3. The van der Waals surface area contributed by atoms with Crippen LogP contribution in [-0.2, 0) is 16.2 Å². The van der Waals surface area contributed by atoms with Crippen LogP contribution in [0.25, 0.3) is 82.8 Å². The minimum absolute atomic E-state index is 0.0201. The van der Waals surface area contributed by atoms with Crippen molar-refractivity contribution in [3.8, 4) is 50.2 Å². The molecule has 0 saturated carbocycles. The van der Waals surface area contributed by atoms with Gasteiger partial charge in [-0.15, -0.1) is 0 Å². The monoisotopic (exact) mass is 933 g/mol. The van der Waals surface area contributed by atoms with E-state index >= 15 is 0 Å². The third-order valence-corrected chi connectivity index (χ3v) is 14.6. The first-order valence-electron chi connectivity index (χ1n) is 25.6. The number of benzene rings is 10. The summed E-state index contributed by atoms with van der Waals surface area (Å²) in [6, 6.07) is 83.7. The molecule has 0 bridgehead atoms. The summed E-state index contributed by atoms with van der Waals surface area (Å²) >= 11 is 0.